The van der Waals surface area contributed by atoms with Gasteiger partial charge in [0.15, 0.2) is 4.77 Å². The number of nitrogens with one attached hydrogen (secondary N) is 1. The van der Waals surface area contributed by atoms with E-state index in [1.165, 1.54) is 7.11 Å². The quantitative estimate of drug-likeness (QED) is 0.807. The highest BCUT2D eigenvalue weighted by atomic mass is 32.1. The summed E-state index contributed by atoms with van der Waals surface area (Å²) in [7, 11) is 1.43. The van der Waals surface area contributed by atoms with E-state index in [-0.39, 0.29) is 16.9 Å². The van der Waals surface area contributed by atoms with Crippen LogP contribution in [0.1, 0.15) is 6.04 Å². The molecule has 0 unspecified atom stereocenters. The number of methoxy groups -OCH3 is 1. The summed E-state index contributed by atoms with van der Waals surface area (Å²) in [5.41, 5.74) is 5.56. The van der Waals surface area contributed by atoms with Crippen LogP contribution in [0.3, 0.4) is 0 Å². The summed E-state index contributed by atoms with van der Waals surface area (Å²) >= 11 is 5.12. The van der Waals surface area contributed by atoms with Crippen LogP contribution in [-0.4, -0.2) is 29.2 Å². The van der Waals surface area contributed by atoms with Crippen molar-refractivity contribution in [3.05, 3.63) is 39.4 Å². The van der Waals surface area contributed by atoms with Crippen molar-refractivity contribution in [2.75, 3.05) is 13.7 Å². The Balaban J connectivity index is 2.76. The summed E-state index contributed by atoms with van der Waals surface area (Å²) in [5, 5.41) is 0.443. The Morgan fingerprint density at radius 3 is 2.84 bits per heavy atom. The van der Waals surface area contributed by atoms with Crippen molar-refractivity contribution in [1.82, 2.24) is 9.55 Å². The van der Waals surface area contributed by atoms with Crippen molar-refractivity contribution >= 4 is 29.0 Å². The molecule has 0 saturated heterocycles. The molecule has 1 aromatic carbocycles. The number of nitrogens with zero attached hydrogens (tertiary/aromatic N) is 1. The molecule has 1 amide bonds. The SMILES string of the molecule is COC[C@@H](C(N)=O)n1c(=S)[nH]c2ccccc2c1=O. The van der Waals surface area contributed by atoms with E-state index >= 15 is 0 Å². The lowest BCUT2D eigenvalue weighted by molar-refractivity contribution is -0.122. The second kappa shape index (κ2) is 5.33. The molecular weight excluding hydrogens is 266 g/mol. The van der Waals surface area contributed by atoms with E-state index in [0.717, 1.165) is 4.57 Å². The molecule has 19 heavy (non-hydrogen) atoms. The fourth-order valence-electron chi connectivity index (χ4n) is 1.90. The average molecular weight is 279 g/mol. The minimum absolute atomic E-state index is 0.00887. The highest BCUT2D eigenvalue weighted by Gasteiger charge is 2.21. The monoisotopic (exact) mass is 279 g/mol. The van der Waals surface area contributed by atoms with Crippen LogP contribution in [0.25, 0.3) is 10.9 Å². The molecule has 0 aliphatic rings. The number of carbonyl (C=O) groups is 1. The van der Waals surface area contributed by atoms with Gasteiger partial charge in [0.05, 0.1) is 17.5 Å². The Kier molecular flexibility index (Phi) is 3.77. The number of benzene rings is 1. The predicted molar refractivity (Wildman–Crippen MR) is 73.5 cm³/mol. The van der Waals surface area contributed by atoms with Crippen molar-refractivity contribution in [2.24, 2.45) is 5.73 Å². The second-order valence-corrected chi connectivity index (χ2v) is 4.41. The molecule has 0 saturated carbocycles. The molecule has 1 heterocycles. The average Bonchev–Trinajstić information content (AvgIpc) is 2.37. The Bertz CT molecular complexity index is 735. The van der Waals surface area contributed by atoms with Gasteiger partial charge in [-0.2, -0.15) is 0 Å². The number of aromatic nitrogens is 2. The lowest BCUT2D eigenvalue weighted by Crippen LogP contribution is -2.37. The Morgan fingerprint density at radius 1 is 1.53 bits per heavy atom. The van der Waals surface area contributed by atoms with Crippen LogP contribution in [0.4, 0.5) is 0 Å². The second-order valence-electron chi connectivity index (χ2n) is 4.02. The molecule has 0 radical (unpaired) electrons. The van der Waals surface area contributed by atoms with Gasteiger partial charge in [-0.25, -0.2) is 0 Å². The van der Waals surface area contributed by atoms with Crippen molar-refractivity contribution in [3.63, 3.8) is 0 Å². The number of hydrogen-bond donors (Lipinski definition) is 2. The van der Waals surface area contributed by atoms with Crippen LogP contribution in [-0.2, 0) is 9.53 Å². The summed E-state index contributed by atoms with van der Waals surface area (Å²) in [4.78, 5) is 26.7. The number of carbonyl (C=O) groups excluding carboxylic acids is 1. The Morgan fingerprint density at radius 2 is 2.21 bits per heavy atom. The summed E-state index contributed by atoms with van der Waals surface area (Å²) in [6, 6.07) is 6.00. The van der Waals surface area contributed by atoms with Crippen LogP contribution >= 0.6 is 12.2 Å². The number of H-pyrrole nitrogens is 1. The topological polar surface area (TPSA) is 90.1 Å². The number of nitrogens with two attached hydrogens (primary N) is 1. The van der Waals surface area contributed by atoms with Gasteiger partial charge in [-0.1, -0.05) is 12.1 Å². The van der Waals surface area contributed by atoms with Crippen LogP contribution < -0.4 is 11.3 Å². The van der Waals surface area contributed by atoms with E-state index in [9.17, 15) is 9.59 Å². The maximum Gasteiger partial charge on any atom is 0.262 e. The molecule has 0 spiro atoms. The molecular formula is C12H13N3O3S. The highest BCUT2D eigenvalue weighted by molar-refractivity contribution is 7.71. The van der Waals surface area contributed by atoms with E-state index in [1.807, 2.05) is 0 Å². The molecule has 2 rings (SSSR count). The minimum Gasteiger partial charge on any atom is -0.382 e. The van der Waals surface area contributed by atoms with Crippen LogP contribution in [0.5, 0.6) is 0 Å². The summed E-state index contributed by atoms with van der Waals surface area (Å²) in [6.07, 6.45) is 0. The lowest BCUT2D eigenvalue weighted by Gasteiger charge is -2.16. The lowest BCUT2D eigenvalue weighted by atomic mass is 10.2. The minimum atomic E-state index is -0.925. The first kappa shape index (κ1) is 13.4. The van der Waals surface area contributed by atoms with Gasteiger partial charge < -0.3 is 15.5 Å². The molecule has 0 aliphatic carbocycles. The maximum absolute atomic E-state index is 12.4. The zero-order chi connectivity index (χ0) is 14.0. The van der Waals surface area contributed by atoms with Gasteiger partial charge in [-0.3, -0.25) is 14.2 Å². The number of rotatable bonds is 4. The molecule has 1 aromatic heterocycles. The molecule has 3 N–H and O–H groups in total. The van der Waals surface area contributed by atoms with E-state index in [4.69, 9.17) is 22.7 Å². The van der Waals surface area contributed by atoms with Crippen molar-refractivity contribution < 1.29 is 9.53 Å². The van der Waals surface area contributed by atoms with Gasteiger partial charge in [0, 0.05) is 7.11 Å². The zero-order valence-electron chi connectivity index (χ0n) is 10.3. The standard InChI is InChI=1S/C12H13N3O3S/c1-18-6-9(10(13)16)15-11(17)7-4-2-3-5-8(7)14-12(15)19/h2-5,9H,6H2,1H3,(H2,13,16)(H,14,19)/t9-/m0/s1. The number of primary amides is 1. The van der Waals surface area contributed by atoms with Crippen LogP contribution in [0, 0.1) is 4.77 Å². The third-order valence-corrected chi connectivity index (χ3v) is 3.10. The molecule has 100 valence electrons. The summed E-state index contributed by atoms with van der Waals surface area (Å²) in [5.74, 6) is -0.668. The number of ether oxygens (including phenoxy) is 1. The number of hydrogen-bond acceptors (Lipinski definition) is 4. The Hall–Kier alpha value is -1.99. The van der Waals surface area contributed by atoms with Gasteiger partial charge in [0.25, 0.3) is 5.56 Å². The van der Waals surface area contributed by atoms with E-state index in [0.29, 0.717) is 10.9 Å². The molecule has 1 atom stereocenters. The molecule has 0 bridgehead atoms. The van der Waals surface area contributed by atoms with Gasteiger partial charge in [-0.05, 0) is 24.4 Å². The van der Waals surface area contributed by atoms with E-state index in [2.05, 4.69) is 4.98 Å². The molecule has 6 nitrogen and oxygen atoms in total. The first-order chi connectivity index (χ1) is 9.06. The smallest absolute Gasteiger partial charge is 0.262 e. The van der Waals surface area contributed by atoms with Crippen LogP contribution in [0.15, 0.2) is 29.1 Å². The normalized spacial score (nSPS) is 12.5. The summed E-state index contributed by atoms with van der Waals surface area (Å²) < 4.78 is 6.22. The number of amides is 1. The number of fused-ring (bicyclic) bond motifs is 1. The molecule has 7 heteroatoms. The van der Waals surface area contributed by atoms with Crippen molar-refractivity contribution in [1.29, 1.82) is 0 Å². The van der Waals surface area contributed by atoms with Crippen molar-refractivity contribution in [2.45, 2.75) is 6.04 Å². The van der Waals surface area contributed by atoms with Gasteiger partial charge >= 0.3 is 0 Å². The molecule has 0 fully saturated rings. The highest BCUT2D eigenvalue weighted by Crippen LogP contribution is 2.10. The van der Waals surface area contributed by atoms with E-state index in [1.54, 1.807) is 24.3 Å². The fraction of sp³-hybridized carbons (Fsp3) is 0.250. The third-order valence-electron chi connectivity index (χ3n) is 2.80. The van der Waals surface area contributed by atoms with Gasteiger partial charge in [0.2, 0.25) is 5.91 Å². The first-order valence-corrected chi connectivity index (χ1v) is 5.99. The number of aromatic amines is 1. The fourth-order valence-corrected chi connectivity index (χ4v) is 2.22. The zero-order valence-corrected chi connectivity index (χ0v) is 11.1. The van der Waals surface area contributed by atoms with Gasteiger partial charge in [0.1, 0.15) is 6.04 Å². The number of para-hydroxylation sites is 1. The van der Waals surface area contributed by atoms with E-state index < -0.39 is 11.9 Å². The Labute approximate surface area is 113 Å². The molecule has 2 aromatic rings. The van der Waals surface area contributed by atoms with Crippen molar-refractivity contribution in [3.8, 4) is 0 Å². The predicted octanol–water partition coefficient (Wildman–Crippen LogP) is 0.732. The third kappa shape index (κ3) is 2.42. The maximum atomic E-state index is 12.4. The molecule has 0 aliphatic heterocycles. The largest absolute Gasteiger partial charge is 0.382 e. The first-order valence-electron chi connectivity index (χ1n) is 5.58. The summed E-state index contributed by atoms with van der Waals surface area (Å²) in [6.45, 7) is -0.00887. The van der Waals surface area contributed by atoms with Crippen LogP contribution in [0.2, 0.25) is 0 Å². The van der Waals surface area contributed by atoms with Gasteiger partial charge in [-0.15, -0.1) is 0 Å².